The van der Waals surface area contributed by atoms with Gasteiger partial charge in [-0.25, -0.2) is 0 Å². The molecule has 2 aromatic carbocycles. The second kappa shape index (κ2) is 6.52. The molecule has 130 valence electrons. The van der Waals surface area contributed by atoms with Crippen molar-refractivity contribution in [1.82, 2.24) is 4.90 Å². The second-order valence-electron chi connectivity index (χ2n) is 6.95. The third-order valence-corrected chi connectivity index (χ3v) is 5.38. The van der Waals surface area contributed by atoms with Crippen molar-refractivity contribution in [3.05, 3.63) is 59.7 Å². The van der Waals surface area contributed by atoms with E-state index in [1.807, 2.05) is 36.1 Å². The molecule has 2 aliphatic rings. The van der Waals surface area contributed by atoms with E-state index in [1.54, 1.807) is 0 Å². The molecule has 1 amide bonds. The maximum Gasteiger partial charge on any atom is 0.267 e. The van der Waals surface area contributed by atoms with Crippen LogP contribution in [0.4, 0.5) is 5.69 Å². The van der Waals surface area contributed by atoms with E-state index in [4.69, 9.17) is 4.74 Å². The largest absolute Gasteiger partial charge is 0.479 e. The highest BCUT2D eigenvalue weighted by atomic mass is 16.5. The highest BCUT2D eigenvalue weighted by molar-refractivity contribution is 5.99. The lowest BCUT2D eigenvalue weighted by molar-refractivity contribution is -0.125. The molecule has 0 spiro atoms. The number of rotatable bonds is 4. The number of carbonyl (C=O) groups is 1. The fourth-order valence-electron chi connectivity index (χ4n) is 4.00. The normalized spacial score (nSPS) is 21.9. The van der Waals surface area contributed by atoms with Crippen molar-refractivity contribution < 1.29 is 9.53 Å². The van der Waals surface area contributed by atoms with Crippen LogP contribution in [-0.2, 0) is 11.2 Å². The van der Waals surface area contributed by atoms with Crippen LogP contribution in [0.3, 0.4) is 0 Å². The number of fused-ring (bicyclic) bond motifs is 2. The molecule has 0 N–H and O–H groups in total. The maximum atomic E-state index is 12.6. The summed E-state index contributed by atoms with van der Waals surface area (Å²) >= 11 is 0. The molecule has 4 rings (SSSR count). The summed E-state index contributed by atoms with van der Waals surface area (Å²) in [6.45, 7) is 3.34. The first-order valence-electron chi connectivity index (χ1n) is 9.00. The van der Waals surface area contributed by atoms with Crippen molar-refractivity contribution in [3.8, 4) is 5.75 Å². The summed E-state index contributed by atoms with van der Waals surface area (Å²) in [4.78, 5) is 16.9. The van der Waals surface area contributed by atoms with Gasteiger partial charge in [-0.1, -0.05) is 36.4 Å². The monoisotopic (exact) mass is 336 g/mol. The van der Waals surface area contributed by atoms with Gasteiger partial charge in [0.05, 0.1) is 5.69 Å². The predicted octanol–water partition coefficient (Wildman–Crippen LogP) is 3.42. The number of hydrogen-bond donors (Lipinski definition) is 0. The fraction of sp³-hybridized carbons (Fsp3) is 0.381. The number of ether oxygens (including phenoxy) is 1. The molecule has 1 aliphatic carbocycles. The summed E-state index contributed by atoms with van der Waals surface area (Å²) in [6.07, 6.45) is 1.87. The molecule has 0 fully saturated rings. The van der Waals surface area contributed by atoms with E-state index in [2.05, 4.69) is 36.2 Å². The van der Waals surface area contributed by atoms with Crippen LogP contribution in [0.1, 0.15) is 30.5 Å². The molecule has 0 bridgehead atoms. The standard InChI is InChI=1S/C21H24N2O2/c1-15-21(24)23(19-9-5-6-10-20(19)25-15)14-13-22(2)18-12-11-16-7-3-4-8-17(16)18/h3-10,15,18H,11-14H2,1-2H3. The molecule has 1 aliphatic heterocycles. The Balaban J connectivity index is 1.49. The topological polar surface area (TPSA) is 32.8 Å². The van der Waals surface area contributed by atoms with Crippen LogP contribution in [-0.4, -0.2) is 37.0 Å². The SMILES string of the molecule is CC1Oc2ccccc2N(CCN(C)C2CCc3ccccc32)C1=O. The van der Waals surface area contributed by atoms with Gasteiger partial charge in [0.1, 0.15) is 5.75 Å². The Kier molecular flexibility index (Phi) is 4.22. The Hall–Kier alpha value is -2.33. The summed E-state index contributed by atoms with van der Waals surface area (Å²) in [7, 11) is 2.16. The van der Waals surface area contributed by atoms with E-state index in [9.17, 15) is 4.79 Å². The maximum absolute atomic E-state index is 12.6. The lowest BCUT2D eigenvalue weighted by Gasteiger charge is -2.35. The first-order valence-corrected chi connectivity index (χ1v) is 9.00. The predicted molar refractivity (Wildman–Crippen MR) is 99.0 cm³/mol. The Bertz CT molecular complexity index is 789. The first-order chi connectivity index (χ1) is 12.1. The number of amides is 1. The second-order valence-corrected chi connectivity index (χ2v) is 6.95. The molecular weight excluding hydrogens is 312 g/mol. The summed E-state index contributed by atoms with van der Waals surface area (Å²) in [5, 5.41) is 0. The van der Waals surface area contributed by atoms with Crippen LogP contribution in [0.15, 0.2) is 48.5 Å². The van der Waals surface area contributed by atoms with Gasteiger partial charge in [-0.3, -0.25) is 9.69 Å². The Morgan fingerprint density at radius 1 is 1.16 bits per heavy atom. The molecule has 4 heteroatoms. The Labute approximate surface area is 149 Å². The number of hydrogen-bond acceptors (Lipinski definition) is 3. The van der Waals surface area contributed by atoms with Crippen LogP contribution < -0.4 is 9.64 Å². The quantitative estimate of drug-likeness (QED) is 0.858. The smallest absolute Gasteiger partial charge is 0.267 e. The van der Waals surface area contributed by atoms with Crippen LogP contribution in [0.25, 0.3) is 0 Å². The Morgan fingerprint density at radius 3 is 2.80 bits per heavy atom. The van der Waals surface area contributed by atoms with Crippen molar-refractivity contribution in [2.24, 2.45) is 0 Å². The number of carbonyl (C=O) groups excluding carboxylic acids is 1. The number of aryl methyl sites for hydroxylation is 1. The van der Waals surface area contributed by atoms with Gasteiger partial charge < -0.3 is 9.64 Å². The van der Waals surface area contributed by atoms with Crippen molar-refractivity contribution >= 4 is 11.6 Å². The van der Waals surface area contributed by atoms with Crippen LogP contribution in [0, 0.1) is 0 Å². The van der Waals surface area contributed by atoms with Gasteiger partial charge in [-0.2, -0.15) is 0 Å². The number of anilines is 1. The molecule has 2 atom stereocenters. The minimum Gasteiger partial charge on any atom is -0.479 e. The zero-order valence-corrected chi connectivity index (χ0v) is 14.8. The molecule has 1 heterocycles. The molecule has 0 radical (unpaired) electrons. The van der Waals surface area contributed by atoms with Crippen molar-refractivity contribution in [1.29, 1.82) is 0 Å². The van der Waals surface area contributed by atoms with Gasteiger partial charge in [-0.15, -0.1) is 0 Å². The molecule has 2 aromatic rings. The van der Waals surface area contributed by atoms with E-state index >= 15 is 0 Å². The first kappa shape index (κ1) is 16.2. The minimum atomic E-state index is -0.424. The molecule has 0 saturated heterocycles. The summed E-state index contributed by atoms with van der Waals surface area (Å²) in [6, 6.07) is 16.9. The minimum absolute atomic E-state index is 0.0407. The zero-order valence-electron chi connectivity index (χ0n) is 14.8. The molecular formula is C21H24N2O2. The van der Waals surface area contributed by atoms with Gasteiger partial charge in [0, 0.05) is 19.1 Å². The van der Waals surface area contributed by atoms with Gasteiger partial charge in [0.15, 0.2) is 6.10 Å². The summed E-state index contributed by atoms with van der Waals surface area (Å²) < 4.78 is 5.72. The third kappa shape index (κ3) is 2.91. The van der Waals surface area contributed by atoms with Crippen molar-refractivity contribution in [2.45, 2.75) is 31.9 Å². The van der Waals surface area contributed by atoms with Crippen molar-refractivity contribution in [2.75, 3.05) is 25.0 Å². The summed E-state index contributed by atoms with van der Waals surface area (Å²) in [5.74, 6) is 0.836. The molecule has 25 heavy (non-hydrogen) atoms. The van der Waals surface area contributed by atoms with Crippen molar-refractivity contribution in [3.63, 3.8) is 0 Å². The lowest BCUT2D eigenvalue weighted by Crippen LogP contribution is -2.47. The van der Waals surface area contributed by atoms with Gasteiger partial charge in [0.2, 0.25) is 0 Å². The molecule has 0 aromatic heterocycles. The Morgan fingerprint density at radius 2 is 1.92 bits per heavy atom. The number of likely N-dealkylation sites (N-methyl/N-ethyl adjacent to an activating group) is 1. The van der Waals surface area contributed by atoms with Crippen LogP contribution in [0.2, 0.25) is 0 Å². The number of nitrogens with zero attached hydrogens (tertiary/aromatic N) is 2. The number of para-hydroxylation sites is 2. The highest BCUT2D eigenvalue weighted by Gasteiger charge is 2.32. The van der Waals surface area contributed by atoms with Gasteiger partial charge >= 0.3 is 0 Å². The molecule has 4 nitrogen and oxygen atoms in total. The van der Waals surface area contributed by atoms with Gasteiger partial charge in [0.25, 0.3) is 5.91 Å². The highest BCUT2D eigenvalue weighted by Crippen LogP contribution is 2.36. The van der Waals surface area contributed by atoms with E-state index in [-0.39, 0.29) is 5.91 Å². The molecule has 2 unspecified atom stereocenters. The third-order valence-electron chi connectivity index (χ3n) is 5.38. The van der Waals surface area contributed by atoms with Gasteiger partial charge in [-0.05, 0) is 50.1 Å². The molecule has 0 saturated carbocycles. The average molecular weight is 336 g/mol. The zero-order chi connectivity index (χ0) is 17.4. The van der Waals surface area contributed by atoms with Crippen LogP contribution >= 0.6 is 0 Å². The average Bonchev–Trinajstić information content (AvgIpc) is 3.06. The van der Waals surface area contributed by atoms with Crippen LogP contribution in [0.5, 0.6) is 5.75 Å². The fourth-order valence-corrected chi connectivity index (χ4v) is 4.00. The van der Waals surface area contributed by atoms with E-state index < -0.39 is 6.10 Å². The lowest BCUT2D eigenvalue weighted by atomic mass is 10.1. The van der Waals surface area contributed by atoms with E-state index in [1.165, 1.54) is 11.1 Å². The summed E-state index contributed by atoms with van der Waals surface area (Å²) in [5.41, 5.74) is 3.78. The van der Waals surface area contributed by atoms with E-state index in [0.717, 1.165) is 30.8 Å². The number of benzene rings is 2. The van der Waals surface area contributed by atoms with E-state index in [0.29, 0.717) is 12.6 Å².